The van der Waals surface area contributed by atoms with Crippen molar-refractivity contribution in [3.63, 3.8) is 0 Å². The zero-order chi connectivity index (χ0) is 19.1. The van der Waals surface area contributed by atoms with Gasteiger partial charge in [-0.05, 0) is 50.3 Å². The Kier molecular flexibility index (Phi) is 4.94. The zero-order valence-electron chi connectivity index (χ0n) is 15.0. The van der Waals surface area contributed by atoms with E-state index < -0.39 is 23.4 Å². The van der Waals surface area contributed by atoms with E-state index in [1.54, 1.807) is 13.0 Å². The fourth-order valence-corrected chi connectivity index (χ4v) is 3.79. The largest absolute Gasteiger partial charge is 0.494 e. The fourth-order valence-electron chi connectivity index (χ4n) is 3.79. The molecule has 0 aromatic heterocycles. The maximum atomic E-state index is 13.7. The van der Waals surface area contributed by atoms with Crippen molar-refractivity contribution in [3.05, 3.63) is 23.3 Å². The average Bonchev–Trinajstić information content (AvgIpc) is 2.51. The quantitative estimate of drug-likeness (QED) is 0.794. The van der Waals surface area contributed by atoms with Crippen molar-refractivity contribution in [2.24, 2.45) is 0 Å². The van der Waals surface area contributed by atoms with Crippen LogP contribution in [-0.4, -0.2) is 29.3 Å². The maximum absolute atomic E-state index is 13.7. The van der Waals surface area contributed by atoms with Gasteiger partial charge < -0.3 is 14.7 Å². The number of hydrogen-bond donors (Lipinski definition) is 1. The summed E-state index contributed by atoms with van der Waals surface area (Å²) in [5.74, 6) is -0.123. The molecule has 1 heterocycles. The lowest BCUT2D eigenvalue weighted by atomic mass is 9.75. The summed E-state index contributed by atoms with van der Waals surface area (Å²) in [6.45, 7) is 3.98. The van der Waals surface area contributed by atoms with Gasteiger partial charge >= 0.3 is 6.18 Å². The highest BCUT2D eigenvalue weighted by molar-refractivity contribution is 5.98. The van der Waals surface area contributed by atoms with Gasteiger partial charge in [0.25, 0.3) is 0 Å². The highest BCUT2D eigenvalue weighted by Gasteiger charge is 2.48. The van der Waals surface area contributed by atoms with E-state index in [9.17, 15) is 23.1 Å². The predicted octanol–water partition coefficient (Wildman–Crippen LogP) is 4.08. The number of unbranched alkanes of at least 4 members (excludes halogenated alkanes) is 1. The minimum atomic E-state index is -4.59. The molecule has 0 spiro atoms. The minimum absolute atomic E-state index is 0.0582. The van der Waals surface area contributed by atoms with Crippen LogP contribution in [0.15, 0.2) is 12.1 Å². The molecule has 1 aliphatic carbocycles. The van der Waals surface area contributed by atoms with E-state index in [1.807, 2.05) is 6.92 Å². The van der Waals surface area contributed by atoms with Crippen molar-refractivity contribution in [2.45, 2.75) is 70.2 Å². The normalized spacial score (nSPS) is 25.7. The van der Waals surface area contributed by atoms with E-state index in [-0.39, 0.29) is 43.0 Å². The lowest BCUT2D eigenvalue weighted by molar-refractivity contribution is -0.137. The van der Waals surface area contributed by atoms with Crippen molar-refractivity contribution in [1.29, 1.82) is 0 Å². The van der Waals surface area contributed by atoms with E-state index in [0.29, 0.717) is 12.2 Å². The molecule has 0 saturated heterocycles. The summed E-state index contributed by atoms with van der Waals surface area (Å²) in [5, 5.41) is 9.96. The number of hydrogen-bond acceptors (Lipinski definition) is 3. The zero-order valence-corrected chi connectivity index (χ0v) is 15.0. The maximum Gasteiger partial charge on any atom is 0.418 e. The number of carbonyl (C=O) groups excluding carboxylic acids is 1. The first-order valence-electron chi connectivity index (χ1n) is 9.04. The molecule has 144 valence electrons. The first-order chi connectivity index (χ1) is 12.1. The molecule has 26 heavy (non-hydrogen) atoms. The van der Waals surface area contributed by atoms with Gasteiger partial charge in [0.2, 0.25) is 5.91 Å². The molecule has 0 bridgehead atoms. The van der Waals surface area contributed by atoms with Crippen LogP contribution in [0.2, 0.25) is 0 Å². The standard InChI is InChI=1S/C19H24F3NO3/c1-3-4-7-26-14-8-12-5-6-16(24)23(13-10-18(2,25)11-13)17(12)15(9-14)19(20,21)22/h8-9,13,25H,3-7,10-11H2,1-2H3/t13-,18+. The molecule has 4 nitrogen and oxygen atoms in total. The molecule has 1 N–H and O–H groups in total. The summed E-state index contributed by atoms with van der Waals surface area (Å²) in [7, 11) is 0. The van der Waals surface area contributed by atoms with Gasteiger partial charge in [0.1, 0.15) is 5.75 Å². The van der Waals surface area contributed by atoms with Gasteiger partial charge in [-0.2, -0.15) is 13.2 Å². The first kappa shape index (κ1) is 19.0. The summed E-state index contributed by atoms with van der Waals surface area (Å²) >= 11 is 0. The van der Waals surface area contributed by atoms with E-state index in [4.69, 9.17) is 4.74 Å². The van der Waals surface area contributed by atoms with Crippen LogP contribution in [0.5, 0.6) is 5.75 Å². The molecule has 3 rings (SSSR count). The van der Waals surface area contributed by atoms with Crippen molar-refractivity contribution in [2.75, 3.05) is 11.5 Å². The molecular weight excluding hydrogens is 347 g/mol. The van der Waals surface area contributed by atoms with Gasteiger partial charge in [-0.25, -0.2) is 0 Å². The smallest absolute Gasteiger partial charge is 0.418 e. The lowest BCUT2D eigenvalue weighted by Crippen LogP contribution is -2.57. The molecule has 1 amide bonds. The van der Waals surface area contributed by atoms with Gasteiger partial charge in [0.15, 0.2) is 0 Å². The topological polar surface area (TPSA) is 49.8 Å². The highest BCUT2D eigenvalue weighted by Crippen LogP contribution is 2.47. The Bertz CT molecular complexity index is 692. The summed E-state index contributed by atoms with van der Waals surface area (Å²) in [6.07, 6.45) is -1.94. The molecule has 1 fully saturated rings. The molecule has 1 saturated carbocycles. The monoisotopic (exact) mass is 371 g/mol. The van der Waals surface area contributed by atoms with E-state index in [0.717, 1.165) is 18.9 Å². The van der Waals surface area contributed by atoms with Crippen LogP contribution in [0.1, 0.15) is 57.1 Å². The molecule has 0 unspecified atom stereocenters. The molecule has 1 aliphatic heterocycles. The van der Waals surface area contributed by atoms with Crippen molar-refractivity contribution in [1.82, 2.24) is 0 Å². The van der Waals surface area contributed by atoms with Gasteiger partial charge in [-0.15, -0.1) is 0 Å². The Balaban J connectivity index is 2.01. The number of nitrogens with zero attached hydrogens (tertiary/aromatic N) is 1. The van der Waals surface area contributed by atoms with Crippen molar-refractivity contribution >= 4 is 11.6 Å². The highest BCUT2D eigenvalue weighted by atomic mass is 19.4. The van der Waals surface area contributed by atoms with Crippen LogP contribution in [0.3, 0.4) is 0 Å². The Labute approximate surface area is 150 Å². The summed E-state index contributed by atoms with van der Waals surface area (Å²) in [5.41, 5.74) is -1.33. The minimum Gasteiger partial charge on any atom is -0.494 e. The third-order valence-corrected chi connectivity index (χ3v) is 5.07. The first-order valence-corrected chi connectivity index (χ1v) is 9.04. The van der Waals surface area contributed by atoms with Crippen LogP contribution < -0.4 is 9.64 Å². The second-order valence-electron chi connectivity index (χ2n) is 7.50. The third kappa shape index (κ3) is 3.68. The number of alkyl halides is 3. The summed E-state index contributed by atoms with van der Waals surface area (Å²) in [4.78, 5) is 13.7. The predicted molar refractivity (Wildman–Crippen MR) is 91.3 cm³/mol. The van der Waals surface area contributed by atoms with Crippen LogP contribution in [0, 0.1) is 0 Å². The van der Waals surface area contributed by atoms with Crippen LogP contribution in [-0.2, 0) is 17.4 Å². The molecule has 1 aromatic rings. The number of amides is 1. The van der Waals surface area contributed by atoms with Gasteiger partial charge in [-0.1, -0.05) is 13.3 Å². The summed E-state index contributed by atoms with van der Waals surface area (Å²) < 4.78 is 46.7. The van der Waals surface area contributed by atoms with Crippen LogP contribution >= 0.6 is 0 Å². The molecular formula is C19H24F3NO3. The fraction of sp³-hybridized carbons (Fsp3) is 0.632. The Hall–Kier alpha value is -1.76. The number of anilines is 1. The second kappa shape index (κ2) is 6.76. The molecule has 0 radical (unpaired) electrons. The number of carbonyl (C=O) groups is 1. The molecule has 2 aliphatic rings. The van der Waals surface area contributed by atoms with E-state index in [2.05, 4.69) is 0 Å². The number of ether oxygens (including phenoxy) is 1. The van der Waals surface area contributed by atoms with Gasteiger partial charge in [0.05, 0.1) is 23.5 Å². The van der Waals surface area contributed by atoms with Gasteiger partial charge in [-0.3, -0.25) is 4.79 Å². The van der Waals surface area contributed by atoms with Crippen LogP contribution in [0.25, 0.3) is 0 Å². The SMILES string of the molecule is CCCCOc1cc2c(c(C(F)(F)F)c1)N([C@H]1C[C@@](C)(O)C1)C(=O)CC2. The number of benzene rings is 1. The molecule has 1 aromatic carbocycles. The Morgan fingerprint density at radius 2 is 2.00 bits per heavy atom. The summed E-state index contributed by atoms with van der Waals surface area (Å²) in [6, 6.07) is 2.22. The van der Waals surface area contributed by atoms with Crippen molar-refractivity contribution in [3.8, 4) is 5.75 Å². The number of aryl methyl sites for hydroxylation is 1. The van der Waals surface area contributed by atoms with E-state index >= 15 is 0 Å². The average molecular weight is 371 g/mol. The second-order valence-corrected chi connectivity index (χ2v) is 7.50. The van der Waals surface area contributed by atoms with Crippen molar-refractivity contribution < 1.29 is 27.8 Å². The number of aliphatic hydroxyl groups is 1. The number of rotatable bonds is 5. The molecule has 7 heteroatoms. The van der Waals surface area contributed by atoms with E-state index in [1.165, 1.54) is 4.90 Å². The number of fused-ring (bicyclic) bond motifs is 1. The molecule has 0 atom stereocenters. The Morgan fingerprint density at radius 1 is 1.31 bits per heavy atom. The van der Waals surface area contributed by atoms with Gasteiger partial charge in [0, 0.05) is 12.5 Å². The Morgan fingerprint density at radius 3 is 2.58 bits per heavy atom. The number of halogens is 3. The lowest BCUT2D eigenvalue weighted by Gasteiger charge is -2.48. The third-order valence-electron chi connectivity index (χ3n) is 5.07. The van der Waals surface area contributed by atoms with Crippen LogP contribution in [0.4, 0.5) is 18.9 Å².